The number of hydrogen-bond donors (Lipinski definition) is 0. The van der Waals surface area contributed by atoms with Crippen LogP contribution in [0.5, 0.6) is 0 Å². The lowest BCUT2D eigenvalue weighted by atomic mass is 10.0. The lowest BCUT2D eigenvalue weighted by molar-refractivity contribution is 0.0731. The summed E-state index contributed by atoms with van der Waals surface area (Å²) < 4.78 is 5.66. The van der Waals surface area contributed by atoms with E-state index >= 15 is 0 Å². The molecule has 1 aliphatic rings. The molecule has 0 saturated carbocycles. The largest absolute Gasteiger partial charge is 0.379 e. The van der Waals surface area contributed by atoms with E-state index in [-0.39, 0.29) is 11.8 Å². The topological polar surface area (TPSA) is 68.2 Å². The van der Waals surface area contributed by atoms with Crippen molar-refractivity contribution in [2.24, 2.45) is 5.92 Å². The molecule has 0 aliphatic carbocycles. The zero-order valence-electron chi connectivity index (χ0n) is 13.2. The fraction of sp³-hybridized carbons (Fsp3) is 0.412. The highest BCUT2D eigenvalue weighted by Gasteiger charge is 2.24. The van der Waals surface area contributed by atoms with Gasteiger partial charge < -0.3 is 9.64 Å². The van der Waals surface area contributed by atoms with E-state index in [1.807, 2.05) is 30.0 Å². The van der Waals surface area contributed by atoms with Crippen LogP contribution in [0.3, 0.4) is 0 Å². The Balaban J connectivity index is 1.70. The summed E-state index contributed by atoms with van der Waals surface area (Å²) in [4.78, 5) is 27.0. The van der Waals surface area contributed by atoms with E-state index in [2.05, 4.69) is 15.0 Å². The molecule has 0 unspecified atom stereocenters. The SMILES string of the molecule is Cc1cccc(C(=O)N2CCOC[C@@H](Cc3ccncn3)C2)n1. The van der Waals surface area contributed by atoms with E-state index in [0.29, 0.717) is 32.0 Å². The average molecular weight is 312 g/mol. The minimum absolute atomic E-state index is 0.0353. The number of carbonyl (C=O) groups is 1. The van der Waals surface area contributed by atoms with E-state index in [0.717, 1.165) is 17.8 Å². The Morgan fingerprint density at radius 1 is 1.39 bits per heavy atom. The highest BCUT2D eigenvalue weighted by molar-refractivity contribution is 5.92. The van der Waals surface area contributed by atoms with Crippen LogP contribution in [-0.4, -0.2) is 52.1 Å². The Morgan fingerprint density at radius 3 is 3.09 bits per heavy atom. The molecule has 1 fully saturated rings. The molecular weight excluding hydrogens is 292 g/mol. The molecule has 1 saturated heterocycles. The molecule has 0 spiro atoms. The number of carbonyl (C=O) groups excluding carboxylic acids is 1. The second-order valence-corrected chi connectivity index (χ2v) is 5.76. The van der Waals surface area contributed by atoms with Crippen LogP contribution < -0.4 is 0 Å². The first kappa shape index (κ1) is 15.6. The van der Waals surface area contributed by atoms with Crippen LogP contribution in [0.1, 0.15) is 21.9 Å². The molecule has 23 heavy (non-hydrogen) atoms. The molecule has 0 bridgehead atoms. The van der Waals surface area contributed by atoms with Crippen LogP contribution in [0.25, 0.3) is 0 Å². The van der Waals surface area contributed by atoms with Crippen LogP contribution >= 0.6 is 0 Å². The number of amides is 1. The third kappa shape index (κ3) is 4.10. The smallest absolute Gasteiger partial charge is 0.272 e. The predicted molar refractivity (Wildman–Crippen MR) is 84.9 cm³/mol. The lowest BCUT2D eigenvalue weighted by Gasteiger charge is -2.23. The number of rotatable bonds is 3. The van der Waals surface area contributed by atoms with Gasteiger partial charge in [0.25, 0.3) is 5.91 Å². The maximum Gasteiger partial charge on any atom is 0.272 e. The molecule has 6 heteroatoms. The van der Waals surface area contributed by atoms with Gasteiger partial charge in [-0.2, -0.15) is 0 Å². The van der Waals surface area contributed by atoms with Gasteiger partial charge in [-0.25, -0.2) is 15.0 Å². The molecule has 2 aromatic heterocycles. The number of aryl methyl sites for hydroxylation is 1. The molecule has 0 N–H and O–H groups in total. The maximum atomic E-state index is 12.7. The van der Waals surface area contributed by atoms with Crippen molar-refractivity contribution >= 4 is 5.91 Å². The van der Waals surface area contributed by atoms with Crippen molar-refractivity contribution in [2.75, 3.05) is 26.3 Å². The first-order chi connectivity index (χ1) is 11.2. The third-order valence-electron chi connectivity index (χ3n) is 3.87. The zero-order valence-corrected chi connectivity index (χ0v) is 13.2. The van der Waals surface area contributed by atoms with Gasteiger partial charge in [0.1, 0.15) is 12.0 Å². The summed E-state index contributed by atoms with van der Waals surface area (Å²) >= 11 is 0. The van der Waals surface area contributed by atoms with Crippen LogP contribution in [0.15, 0.2) is 36.8 Å². The fourth-order valence-electron chi connectivity index (χ4n) is 2.75. The van der Waals surface area contributed by atoms with Crippen LogP contribution in [0.2, 0.25) is 0 Å². The van der Waals surface area contributed by atoms with E-state index in [1.165, 1.54) is 0 Å². The van der Waals surface area contributed by atoms with Gasteiger partial charge in [-0.1, -0.05) is 6.07 Å². The Bertz CT molecular complexity index is 663. The first-order valence-corrected chi connectivity index (χ1v) is 7.78. The number of pyridine rings is 1. The normalized spacial score (nSPS) is 18.5. The van der Waals surface area contributed by atoms with Gasteiger partial charge in [0.2, 0.25) is 0 Å². The van der Waals surface area contributed by atoms with Crippen molar-refractivity contribution in [3.05, 3.63) is 53.9 Å². The summed E-state index contributed by atoms with van der Waals surface area (Å²) in [6.45, 7) is 4.32. The minimum Gasteiger partial charge on any atom is -0.379 e. The van der Waals surface area contributed by atoms with Gasteiger partial charge in [0.15, 0.2) is 0 Å². The number of aromatic nitrogens is 3. The molecule has 1 aliphatic heterocycles. The molecule has 1 atom stereocenters. The molecule has 2 aromatic rings. The molecule has 0 aromatic carbocycles. The zero-order chi connectivity index (χ0) is 16.1. The van der Waals surface area contributed by atoms with E-state index in [9.17, 15) is 4.79 Å². The quantitative estimate of drug-likeness (QED) is 0.859. The molecular formula is C17H20N4O2. The summed E-state index contributed by atoms with van der Waals surface area (Å²) in [6, 6.07) is 7.42. The Labute approximate surface area is 135 Å². The monoisotopic (exact) mass is 312 g/mol. The summed E-state index contributed by atoms with van der Waals surface area (Å²) in [5.41, 5.74) is 2.31. The predicted octanol–water partition coefficient (Wildman–Crippen LogP) is 1.51. The maximum absolute atomic E-state index is 12.7. The van der Waals surface area contributed by atoms with Gasteiger partial charge in [0.05, 0.1) is 13.2 Å². The van der Waals surface area contributed by atoms with Crippen molar-refractivity contribution in [3.63, 3.8) is 0 Å². The molecule has 0 radical (unpaired) electrons. The molecule has 6 nitrogen and oxygen atoms in total. The molecule has 120 valence electrons. The number of hydrogen-bond acceptors (Lipinski definition) is 5. The van der Waals surface area contributed by atoms with Gasteiger partial charge >= 0.3 is 0 Å². The standard InChI is InChI=1S/C17H20N4O2/c1-13-3-2-4-16(20-13)17(22)21-7-8-23-11-14(10-21)9-15-5-6-18-12-19-15/h2-6,12,14H,7-11H2,1H3/t14-/m0/s1. The third-order valence-corrected chi connectivity index (χ3v) is 3.87. The van der Waals surface area contributed by atoms with Crippen LogP contribution in [0.4, 0.5) is 0 Å². The average Bonchev–Trinajstić information content (AvgIpc) is 2.81. The molecule has 3 heterocycles. The van der Waals surface area contributed by atoms with E-state index < -0.39 is 0 Å². The van der Waals surface area contributed by atoms with E-state index in [1.54, 1.807) is 18.6 Å². The van der Waals surface area contributed by atoms with Crippen molar-refractivity contribution < 1.29 is 9.53 Å². The van der Waals surface area contributed by atoms with Gasteiger partial charge in [-0.05, 0) is 31.5 Å². The highest BCUT2D eigenvalue weighted by atomic mass is 16.5. The van der Waals surface area contributed by atoms with Crippen molar-refractivity contribution in [1.82, 2.24) is 19.9 Å². The van der Waals surface area contributed by atoms with Crippen molar-refractivity contribution in [2.45, 2.75) is 13.3 Å². The molecule has 1 amide bonds. The summed E-state index contributed by atoms with van der Waals surface area (Å²) in [7, 11) is 0. The number of ether oxygens (including phenoxy) is 1. The Hall–Kier alpha value is -2.34. The molecule has 3 rings (SSSR count). The van der Waals surface area contributed by atoms with Gasteiger partial charge in [0, 0.05) is 36.6 Å². The number of nitrogens with zero attached hydrogens (tertiary/aromatic N) is 4. The van der Waals surface area contributed by atoms with Gasteiger partial charge in [-0.3, -0.25) is 4.79 Å². The summed E-state index contributed by atoms with van der Waals surface area (Å²) in [6.07, 6.45) is 4.06. The summed E-state index contributed by atoms with van der Waals surface area (Å²) in [5, 5.41) is 0. The second kappa shape index (κ2) is 7.28. The first-order valence-electron chi connectivity index (χ1n) is 7.78. The van der Waals surface area contributed by atoms with Crippen molar-refractivity contribution in [3.8, 4) is 0 Å². The van der Waals surface area contributed by atoms with Crippen LogP contribution in [0, 0.1) is 12.8 Å². The fourth-order valence-corrected chi connectivity index (χ4v) is 2.75. The minimum atomic E-state index is -0.0353. The van der Waals surface area contributed by atoms with E-state index in [4.69, 9.17) is 4.74 Å². The Kier molecular flexibility index (Phi) is 4.92. The van der Waals surface area contributed by atoms with Crippen LogP contribution in [-0.2, 0) is 11.2 Å². The summed E-state index contributed by atoms with van der Waals surface area (Å²) in [5.74, 6) is 0.188. The Morgan fingerprint density at radius 2 is 2.30 bits per heavy atom. The lowest BCUT2D eigenvalue weighted by Crippen LogP contribution is -2.37. The van der Waals surface area contributed by atoms with Gasteiger partial charge in [-0.15, -0.1) is 0 Å². The second-order valence-electron chi connectivity index (χ2n) is 5.76. The highest BCUT2D eigenvalue weighted by Crippen LogP contribution is 2.14. The van der Waals surface area contributed by atoms with Crippen molar-refractivity contribution in [1.29, 1.82) is 0 Å².